The number of fused-ring (bicyclic) bond motifs is 1. The maximum atomic E-state index is 14.4. The van der Waals surface area contributed by atoms with Crippen molar-refractivity contribution in [3.05, 3.63) is 42.6 Å². The number of nitrogens with one attached hydrogen (secondary N) is 2. The summed E-state index contributed by atoms with van der Waals surface area (Å²) in [6.45, 7) is 0.885. The van der Waals surface area contributed by atoms with Gasteiger partial charge < -0.3 is 5.32 Å². The van der Waals surface area contributed by atoms with E-state index in [9.17, 15) is 8.78 Å². The van der Waals surface area contributed by atoms with Crippen molar-refractivity contribution in [2.24, 2.45) is 0 Å². The van der Waals surface area contributed by atoms with Crippen LogP contribution in [0.15, 0.2) is 36.9 Å². The van der Waals surface area contributed by atoms with Gasteiger partial charge in [0.05, 0.1) is 18.1 Å². The van der Waals surface area contributed by atoms with E-state index in [1.165, 1.54) is 18.6 Å². The number of aromatic amines is 1. The summed E-state index contributed by atoms with van der Waals surface area (Å²) in [5.74, 6) is -2.22. The molecule has 0 bridgehead atoms. The molecule has 4 rings (SSSR count). The number of halogens is 3. The molecule has 0 unspecified atom stereocenters. The zero-order chi connectivity index (χ0) is 18.0. The quantitative estimate of drug-likeness (QED) is 0.691. The number of piperidine rings is 1. The Hall–Kier alpha value is -2.39. The molecule has 0 saturated carbocycles. The first-order valence-electron chi connectivity index (χ1n) is 8.54. The Labute approximate surface area is 161 Å². The summed E-state index contributed by atoms with van der Waals surface area (Å²) < 4.78 is 28.8. The van der Waals surface area contributed by atoms with Crippen molar-refractivity contribution in [1.29, 1.82) is 0 Å². The molecule has 1 aliphatic heterocycles. The average molecular weight is 396 g/mol. The summed E-state index contributed by atoms with van der Waals surface area (Å²) >= 11 is 0. The minimum atomic E-state index is -2.95. The minimum absolute atomic E-state index is 0. The highest BCUT2D eigenvalue weighted by Gasteiger charge is 2.36. The molecule has 0 aliphatic carbocycles. The van der Waals surface area contributed by atoms with E-state index in [-0.39, 0.29) is 30.7 Å². The van der Waals surface area contributed by atoms with Gasteiger partial charge in [0, 0.05) is 25.3 Å². The van der Waals surface area contributed by atoms with Gasteiger partial charge in [-0.1, -0.05) is 6.07 Å². The Morgan fingerprint density at radius 1 is 1.19 bits per heavy atom. The summed E-state index contributed by atoms with van der Waals surface area (Å²) in [5, 5.41) is 11.0. The molecule has 0 aromatic carbocycles. The topological polar surface area (TPSA) is 82.6 Å². The molecular formula is C17H20ClF2N7. The maximum Gasteiger partial charge on any atom is 0.302 e. The van der Waals surface area contributed by atoms with Gasteiger partial charge in [0.1, 0.15) is 17.8 Å². The standard InChI is InChI=1S/C17H19F2N7.ClH/c18-17(19,14-3-1-2-6-20-14)10-26-7-4-12(5-8-26)24-15-13-9-23-25-16(13)22-11-21-15;/h1-3,6,9,11-12H,4-5,7-8,10H2,(H2,21,22,23,24,25);1H. The largest absolute Gasteiger partial charge is 0.367 e. The number of hydrogen-bond donors (Lipinski definition) is 2. The zero-order valence-corrected chi connectivity index (χ0v) is 15.3. The number of rotatable bonds is 5. The van der Waals surface area contributed by atoms with Crippen molar-refractivity contribution in [2.45, 2.75) is 24.8 Å². The van der Waals surface area contributed by atoms with Crippen LogP contribution in [0.2, 0.25) is 0 Å². The highest BCUT2D eigenvalue weighted by Crippen LogP contribution is 2.29. The van der Waals surface area contributed by atoms with Crippen LogP contribution in [-0.2, 0) is 5.92 Å². The van der Waals surface area contributed by atoms with Crippen molar-refractivity contribution >= 4 is 29.3 Å². The summed E-state index contributed by atoms with van der Waals surface area (Å²) in [4.78, 5) is 14.0. The normalized spacial score (nSPS) is 16.2. The second-order valence-electron chi connectivity index (χ2n) is 6.47. The van der Waals surface area contributed by atoms with E-state index in [1.54, 1.807) is 23.2 Å². The van der Waals surface area contributed by atoms with Gasteiger partial charge in [0.15, 0.2) is 5.65 Å². The number of nitrogens with zero attached hydrogens (tertiary/aromatic N) is 5. The average Bonchev–Trinajstić information content (AvgIpc) is 3.14. The van der Waals surface area contributed by atoms with E-state index >= 15 is 0 Å². The number of anilines is 1. The van der Waals surface area contributed by atoms with E-state index in [1.807, 2.05) is 0 Å². The molecule has 0 amide bonds. The van der Waals surface area contributed by atoms with Gasteiger partial charge in [-0.3, -0.25) is 15.0 Å². The number of pyridine rings is 1. The van der Waals surface area contributed by atoms with E-state index in [2.05, 4.69) is 30.5 Å². The molecule has 3 aromatic heterocycles. The summed E-state index contributed by atoms with van der Waals surface area (Å²) in [5.41, 5.74) is 0.499. The lowest BCUT2D eigenvalue weighted by molar-refractivity contribution is -0.0457. The van der Waals surface area contributed by atoms with Gasteiger partial charge in [-0.05, 0) is 25.0 Å². The fraction of sp³-hybridized carbons (Fsp3) is 0.412. The summed E-state index contributed by atoms with van der Waals surface area (Å²) in [7, 11) is 0. The van der Waals surface area contributed by atoms with Crippen LogP contribution < -0.4 is 5.32 Å². The molecule has 27 heavy (non-hydrogen) atoms. The summed E-state index contributed by atoms with van der Waals surface area (Å²) in [6, 6.07) is 4.79. The van der Waals surface area contributed by atoms with E-state index in [0.717, 1.165) is 24.0 Å². The van der Waals surface area contributed by atoms with Crippen LogP contribution in [0.3, 0.4) is 0 Å². The Kier molecular flexibility index (Phi) is 5.81. The molecule has 2 N–H and O–H groups in total. The van der Waals surface area contributed by atoms with Crippen LogP contribution in [0.4, 0.5) is 14.6 Å². The molecular weight excluding hydrogens is 376 g/mol. The van der Waals surface area contributed by atoms with Crippen molar-refractivity contribution in [1.82, 2.24) is 30.0 Å². The highest BCUT2D eigenvalue weighted by atomic mass is 35.5. The monoisotopic (exact) mass is 395 g/mol. The molecule has 1 aliphatic rings. The molecule has 144 valence electrons. The molecule has 0 atom stereocenters. The fourth-order valence-electron chi connectivity index (χ4n) is 3.25. The predicted octanol–water partition coefficient (Wildman–Crippen LogP) is 2.84. The van der Waals surface area contributed by atoms with Crippen LogP contribution >= 0.6 is 12.4 Å². The Balaban J connectivity index is 0.00000210. The van der Waals surface area contributed by atoms with Crippen LogP contribution in [0.1, 0.15) is 18.5 Å². The number of alkyl halides is 2. The third-order valence-corrected chi connectivity index (χ3v) is 4.64. The van der Waals surface area contributed by atoms with Crippen LogP contribution in [0.5, 0.6) is 0 Å². The molecule has 4 heterocycles. The first-order valence-corrected chi connectivity index (χ1v) is 8.54. The molecule has 0 spiro atoms. The highest BCUT2D eigenvalue weighted by molar-refractivity contribution is 5.85. The Bertz CT molecular complexity index is 866. The molecule has 1 saturated heterocycles. The minimum Gasteiger partial charge on any atom is -0.367 e. The number of H-pyrrole nitrogens is 1. The van der Waals surface area contributed by atoms with Crippen LogP contribution in [0.25, 0.3) is 11.0 Å². The van der Waals surface area contributed by atoms with E-state index in [0.29, 0.717) is 18.7 Å². The van der Waals surface area contributed by atoms with Crippen molar-refractivity contribution in [3.8, 4) is 0 Å². The number of likely N-dealkylation sites (tertiary alicyclic amines) is 1. The molecule has 7 nitrogen and oxygen atoms in total. The van der Waals surface area contributed by atoms with Crippen molar-refractivity contribution < 1.29 is 8.78 Å². The Morgan fingerprint density at radius 2 is 2.00 bits per heavy atom. The smallest absolute Gasteiger partial charge is 0.302 e. The lowest BCUT2D eigenvalue weighted by atomic mass is 10.0. The number of aromatic nitrogens is 5. The number of hydrogen-bond acceptors (Lipinski definition) is 6. The van der Waals surface area contributed by atoms with Gasteiger partial charge in [-0.2, -0.15) is 13.9 Å². The van der Waals surface area contributed by atoms with E-state index in [4.69, 9.17) is 0 Å². The lowest BCUT2D eigenvalue weighted by Crippen LogP contribution is -2.44. The van der Waals surface area contributed by atoms with Gasteiger partial charge >= 0.3 is 5.92 Å². The SMILES string of the molecule is Cl.FC(F)(CN1CCC(Nc2ncnc3[nH]ncc23)CC1)c1ccccn1. The lowest BCUT2D eigenvalue weighted by Gasteiger charge is -2.34. The molecule has 10 heteroatoms. The molecule has 3 aromatic rings. The maximum absolute atomic E-state index is 14.4. The van der Waals surface area contributed by atoms with Crippen LogP contribution in [0, 0.1) is 0 Å². The predicted molar refractivity (Wildman–Crippen MR) is 100 cm³/mol. The van der Waals surface area contributed by atoms with Gasteiger partial charge in [0.2, 0.25) is 0 Å². The second kappa shape index (κ2) is 8.10. The van der Waals surface area contributed by atoms with E-state index < -0.39 is 5.92 Å². The van der Waals surface area contributed by atoms with Gasteiger partial charge in [-0.15, -0.1) is 12.4 Å². The fourth-order valence-corrected chi connectivity index (χ4v) is 3.25. The second-order valence-corrected chi connectivity index (χ2v) is 6.47. The van der Waals surface area contributed by atoms with Gasteiger partial charge in [0.25, 0.3) is 0 Å². The van der Waals surface area contributed by atoms with Crippen molar-refractivity contribution in [2.75, 3.05) is 25.0 Å². The van der Waals surface area contributed by atoms with Gasteiger partial charge in [-0.25, -0.2) is 9.97 Å². The third kappa shape index (κ3) is 4.30. The van der Waals surface area contributed by atoms with Crippen LogP contribution in [-0.4, -0.2) is 55.7 Å². The first-order chi connectivity index (χ1) is 12.6. The van der Waals surface area contributed by atoms with Crippen molar-refractivity contribution in [3.63, 3.8) is 0 Å². The molecule has 0 radical (unpaired) electrons. The third-order valence-electron chi connectivity index (χ3n) is 4.64. The summed E-state index contributed by atoms with van der Waals surface area (Å²) in [6.07, 6.45) is 6.09. The Morgan fingerprint density at radius 3 is 2.74 bits per heavy atom. The zero-order valence-electron chi connectivity index (χ0n) is 14.5. The first kappa shape index (κ1) is 19.4. The molecule has 1 fully saturated rings.